The van der Waals surface area contributed by atoms with Gasteiger partial charge in [0.2, 0.25) is 0 Å². The second-order valence-corrected chi connectivity index (χ2v) is 2.33. The Kier molecular flexibility index (Phi) is 5.57. The lowest BCUT2D eigenvalue weighted by atomic mass is 10.2. The van der Waals surface area contributed by atoms with Gasteiger partial charge in [-0.3, -0.25) is 0 Å². The normalized spacial score (nSPS) is 12.2. The van der Waals surface area contributed by atoms with Crippen LogP contribution in [0.15, 0.2) is 25.0 Å². The van der Waals surface area contributed by atoms with Gasteiger partial charge < -0.3 is 10.1 Å². The molecule has 0 spiro atoms. The summed E-state index contributed by atoms with van der Waals surface area (Å²) in [5, 5.41) is 3.23. The minimum Gasteiger partial charge on any atom is -0.500 e. The van der Waals surface area contributed by atoms with E-state index in [1.807, 2.05) is 6.08 Å². The van der Waals surface area contributed by atoms with Crippen LogP contribution >= 0.6 is 0 Å². The molecule has 0 aromatic heterocycles. The molecule has 0 amide bonds. The minimum absolute atomic E-state index is 0.248. The summed E-state index contributed by atoms with van der Waals surface area (Å²) in [5.74, 6) is 0.786. The number of hydrogen-bond donors (Lipinski definition) is 1. The van der Waals surface area contributed by atoms with Crippen molar-refractivity contribution in [3.63, 3.8) is 0 Å². The summed E-state index contributed by atoms with van der Waals surface area (Å²) in [5.41, 5.74) is 0. The molecular weight excluding hydrogens is 138 g/mol. The van der Waals surface area contributed by atoms with Crippen molar-refractivity contribution in [2.45, 2.75) is 19.4 Å². The number of rotatable bonds is 6. The molecule has 0 heterocycles. The monoisotopic (exact) mass is 155 g/mol. The SMILES string of the molecule is C=CCNC(CC)C(=C)OC. The average molecular weight is 155 g/mol. The Morgan fingerprint density at radius 3 is 2.73 bits per heavy atom. The van der Waals surface area contributed by atoms with Gasteiger partial charge in [-0.25, -0.2) is 0 Å². The Morgan fingerprint density at radius 2 is 2.36 bits per heavy atom. The van der Waals surface area contributed by atoms with Gasteiger partial charge in [-0.05, 0) is 6.42 Å². The Labute approximate surface area is 68.9 Å². The molecule has 1 atom stereocenters. The highest BCUT2D eigenvalue weighted by Gasteiger charge is 2.07. The smallest absolute Gasteiger partial charge is 0.105 e. The van der Waals surface area contributed by atoms with Crippen molar-refractivity contribution in [3.8, 4) is 0 Å². The first-order valence-corrected chi connectivity index (χ1v) is 3.83. The lowest BCUT2D eigenvalue weighted by Gasteiger charge is -2.16. The number of ether oxygens (including phenoxy) is 1. The van der Waals surface area contributed by atoms with E-state index in [0.29, 0.717) is 0 Å². The van der Waals surface area contributed by atoms with E-state index in [4.69, 9.17) is 4.74 Å². The molecule has 0 saturated heterocycles. The van der Waals surface area contributed by atoms with Crippen molar-refractivity contribution in [2.24, 2.45) is 0 Å². The van der Waals surface area contributed by atoms with Gasteiger partial charge >= 0.3 is 0 Å². The van der Waals surface area contributed by atoms with Crippen molar-refractivity contribution in [2.75, 3.05) is 13.7 Å². The fourth-order valence-corrected chi connectivity index (χ4v) is 0.854. The molecule has 0 aromatic carbocycles. The van der Waals surface area contributed by atoms with E-state index in [9.17, 15) is 0 Å². The van der Waals surface area contributed by atoms with E-state index < -0.39 is 0 Å². The van der Waals surface area contributed by atoms with Gasteiger partial charge in [-0.2, -0.15) is 0 Å². The molecule has 2 nitrogen and oxygen atoms in total. The van der Waals surface area contributed by atoms with Crippen LogP contribution in [0.3, 0.4) is 0 Å². The molecule has 0 aliphatic heterocycles. The molecule has 0 aromatic rings. The molecule has 0 rings (SSSR count). The Hall–Kier alpha value is -0.760. The van der Waals surface area contributed by atoms with Crippen LogP contribution in [0.4, 0.5) is 0 Å². The molecule has 2 heteroatoms. The lowest BCUT2D eigenvalue weighted by Crippen LogP contribution is -2.30. The summed E-state index contributed by atoms with van der Waals surface area (Å²) in [4.78, 5) is 0. The Balaban J connectivity index is 3.74. The Bertz CT molecular complexity index is 132. The van der Waals surface area contributed by atoms with E-state index in [1.54, 1.807) is 7.11 Å². The average Bonchev–Trinajstić information content (AvgIpc) is 2.05. The van der Waals surface area contributed by atoms with Crippen LogP contribution in [0.2, 0.25) is 0 Å². The van der Waals surface area contributed by atoms with Crippen molar-refractivity contribution >= 4 is 0 Å². The quantitative estimate of drug-likeness (QED) is 0.465. The van der Waals surface area contributed by atoms with Crippen LogP contribution < -0.4 is 5.32 Å². The molecule has 0 saturated carbocycles. The van der Waals surface area contributed by atoms with Gasteiger partial charge in [0.1, 0.15) is 5.76 Å². The molecule has 64 valence electrons. The highest BCUT2D eigenvalue weighted by atomic mass is 16.5. The maximum atomic E-state index is 5.01. The van der Waals surface area contributed by atoms with E-state index in [1.165, 1.54) is 0 Å². The van der Waals surface area contributed by atoms with E-state index in [-0.39, 0.29) is 6.04 Å². The van der Waals surface area contributed by atoms with Crippen LogP contribution in [0.5, 0.6) is 0 Å². The maximum absolute atomic E-state index is 5.01. The zero-order valence-corrected chi connectivity index (χ0v) is 7.39. The first-order valence-electron chi connectivity index (χ1n) is 3.83. The third-order valence-corrected chi connectivity index (χ3v) is 1.57. The van der Waals surface area contributed by atoms with E-state index in [2.05, 4.69) is 25.4 Å². The maximum Gasteiger partial charge on any atom is 0.105 e. The van der Waals surface area contributed by atoms with Crippen LogP contribution in [0, 0.1) is 0 Å². The fraction of sp³-hybridized carbons (Fsp3) is 0.556. The summed E-state index contributed by atoms with van der Waals surface area (Å²) in [6.45, 7) is 10.3. The summed E-state index contributed by atoms with van der Waals surface area (Å²) in [7, 11) is 1.64. The predicted molar refractivity (Wildman–Crippen MR) is 48.4 cm³/mol. The zero-order valence-electron chi connectivity index (χ0n) is 7.39. The molecule has 0 bridgehead atoms. The first kappa shape index (κ1) is 10.2. The largest absolute Gasteiger partial charge is 0.500 e. The Morgan fingerprint density at radius 1 is 1.73 bits per heavy atom. The summed E-state index contributed by atoms with van der Waals surface area (Å²) in [6.07, 6.45) is 2.81. The molecule has 11 heavy (non-hydrogen) atoms. The van der Waals surface area contributed by atoms with Crippen LogP contribution in [-0.2, 0) is 4.74 Å². The van der Waals surface area contributed by atoms with E-state index in [0.717, 1.165) is 18.7 Å². The number of methoxy groups -OCH3 is 1. The van der Waals surface area contributed by atoms with Gasteiger partial charge in [0.15, 0.2) is 0 Å². The molecule has 0 aliphatic rings. The zero-order chi connectivity index (χ0) is 8.69. The van der Waals surface area contributed by atoms with Crippen molar-refractivity contribution in [3.05, 3.63) is 25.0 Å². The van der Waals surface area contributed by atoms with Crippen LogP contribution in [-0.4, -0.2) is 19.7 Å². The topological polar surface area (TPSA) is 21.3 Å². The van der Waals surface area contributed by atoms with Crippen molar-refractivity contribution in [1.29, 1.82) is 0 Å². The van der Waals surface area contributed by atoms with Gasteiger partial charge in [0.25, 0.3) is 0 Å². The molecule has 1 N–H and O–H groups in total. The highest BCUT2D eigenvalue weighted by Crippen LogP contribution is 2.03. The van der Waals surface area contributed by atoms with E-state index >= 15 is 0 Å². The van der Waals surface area contributed by atoms with Crippen molar-refractivity contribution in [1.82, 2.24) is 5.32 Å². The minimum atomic E-state index is 0.248. The van der Waals surface area contributed by atoms with Crippen LogP contribution in [0.25, 0.3) is 0 Å². The lowest BCUT2D eigenvalue weighted by molar-refractivity contribution is 0.252. The third kappa shape index (κ3) is 3.83. The third-order valence-electron chi connectivity index (χ3n) is 1.57. The molecule has 0 radical (unpaired) electrons. The summed E-state index contributed by atoms with van der Waals surface area (Å²) < 4.78 is 5.01. The standard InChI is InChI=1S/C9H17NO/c1-5-7-10-9(6-2)8(3)11-4/h5,9-10H,1,3,6-7H2,2,4H3. The van der Waals surface area contributed by atoms with Crippen LogP contribution in [0.1, 0.15) is 13.3 Å². The highest BCUT2D eigenvalue weighted by molar-refractivity contribution is 4.96. The molecular formula is C9H17NO. The second-order valence-electron chi connectivity index (χ2n) is 2.33. The second kappa shape index (κ2) is 5.98. The number of hydrogen-bond acceptors (Lipinski definition) is 2. The summed E-state index contributed by atoms with van der Waals surface area (Å²) in [6, 6.07) is 0.248. The molecule has 0 aliphatic carbocycles. The van der Waals surface area contributed by atoms with Gasteiger partial charge in [-0.1, -0.05) is 19.6 Å². The van der Waals surface area contributed by atoms with Gasteiger partial charge in [0, 0.05) is 6.54 Å². The summed E-state index contributed by atoms with van der Waals surface area (Å²) >= 11 is 0. The predicted octanol–water partition coefficient (Wildman–Crippen LogP) is 1.70. The van der Waals surface area contributed by atoms with Gasteiger partial charge in [0.05, 0.1) is 13.2 Å². The molecule has 0 fully saturated rings. The fourth-order valence-electron chi connectivity index (χ4n) is 0.854. The van der Waals surface area contributed by atoms with Gasteiger partial charge in [-0.15, -0.1) is 6.58 Å². The first-order chi connectivity index (χ1) is 5.26. The molecule has 1 unspecified atom stereocenters. The van der Waals surface area contributed by atoms with Crippen molar-refractivity contribution < 1.29 is 4.74 Å². The number of nitrogens with one attached hydrogen (secondary N) is 1.